The summed E-state index contributed by atoms with van der Waals surface area (Å²) in [5.41, 5.74) is 1.84. The lowest BCUT2D eigenvalue weighted by molar-refractivity contribution is 0.415. The Morgan fingerprint density at radius 2 is 2.00 bits per heavy atom. The van der Waals surface area contributed by atoms with E-state index >= 15 is 0 Å². The molecule has 0 fully saturated rings. The summed E-state index contributed by atoms with van der Waals surface area (Å²) >= 11 is 0. The van der Waals surface area contributed by atoms with Crippen LogP contribution in [0.1, 0.15) is 0 Å². The highest BCUT2D eigenvalue weighted by Crippen LogP contribution is 2.30. The number of phenolic OH excluding ortho intramolecular Hbond substituents is 1. The Morgan fingerprint density at radius 3 is 2.78 bits per heavy atom. The molecule has 0 aliphatic heterocycles. The van der Waals surface area contributed by atoms with Crippen LogP contribution in [0, 0.1) is 0 Å². The molecule has 0 saturated carbocycles. The summed E-state index contributed by atoms with van der Waals surface area (Å²) in [5.74, 6) is 1.29. The second-order valence-electron chi connectivity index (χ2n) is 3.88. The van der Waals surface area contributed by atoms with E-state index in [2.05, 4.69) is 4.98 Å². The second-order valence-corrected chi connectivity index (χ2v) is 3.88. The molecule has 0 aliphatic rings. The van der Waals surface area contributed by atoms with Crippen LogP contribution < -0.4 is 4.74 Å². The Labute approximate surface area is 103 Å². The van der Waals surface area contributed by atoms with Gasteiger partial charge in [0.1, 0.15) is 11.3 Å². The predicted octanol–water partition coefficient (Wildman–Crippen LogP) is 3.21. The van der Waals surface area contributed by atoms with Crippen molar-refractivity contribution in [2.24, 2.45) is 0 Å². The monoisotopic (exact) mass is 241 g/mol. The molecule has 1 heterocycles. The topological polar surface area (TPSA) is 55.5 Å². The van der Waals surface area contributed by atoms with Gasteiger partial charge in [0.05, 0.1) is 7.11 Å². The van der Waals surface area contributed by atoms with Crippen LogP contribution in [0.2, 0.25) is 0 Å². The van der Waals surface area contributed by atoms with E-state index in [9.17, 15) is 5.11 Å². The van der Waals surface area contributed by atoms with E-state index in [1.165, 1.54) is 0 Å². The number of nitrogens with zero attached hydrogens (tertiary/aromatic N) is 1. The van der Waals surface area contributed by atoms with Crippen LogP contribution in [0.3, 0.4) is 0 Å². The minimum atomic E-state index is 0.0918. The lowest BCUT2D eigenvalue weighted by Crippen LogP contribution is -1.83. The van der Waals surface area contributed by atoms with Crippen LogP contribution in [-0.2, 0) is 0 Å². The summed E-state index contributed by atoms with van der Waals surface area (Å²) in [6.07, 6.45) is 0. The molecule has 3 rings (SSSR count). The number of aromatic hydroxyl groups is 1. The van der Waals surface area contributed by atoms with Gasteiger partial charge in [-0.1, -0.05) is 12.1 Å². The lowest BCUT2D eigenvalue weighted by Gasteiger charge is -2.00. The van der Waals surface area contributed by atoms with E-state index < -0.39 is 0 Å². The van der Waals surface area contributed by atoms with Gasteiger partial charge in [-0.2, -0.15) is 0 Å². The van der Waals surface area contributed by atoms with Crippen molar-refractivity contribution in [1.29, 1.82) is 0 Å². The van der Waals surface area contributed by atoms with Gasteiger partial charge >= 0.3 is 0 Å². The molecule has 0 spiro atoms. The number of hydrogen-bond acceptors (Lipinski definition) is 4. The number of hydrogen-bond donors (Lipinski definition) is 1. The fourth-order valence-corrected chi connectivity index (χ4v) is 1.81. The Hall–Kier alpha value is -2.49. The van der Waals surface area contributed by atoms with Crippen molar-refractivity contribution in [3.05, 3.63) is 42.5 Å². The zero-order valence-electron chi connectivity index (χ0n) is 9.75. The van der Waals surface area contributed by atoms with Gasteiger partial charge in [-0.25, -0.2) is 4.98 Å². The molecule has 18 heavy (non-hydrogen) atoms. The molecule has 0 amide bonds. The predicted molar refractivity (Wildman–Crippen MR) is 67.7 cm³/mol. The van der Waals surface area contributed by atoms with E-state index in [0.29, 0.717) is 17.0 Å². The number of methoxy groups -OCH3 is 1. The van der Waals surface area contributed by atoms with Gasteiger partial charge in [0.15, 0.2) is 11.3 Å². The zero-order valence-corrected chi connectivity index (χ0v) is 9.75. The Balaban J connectivity index is 2.16. The smallest absolute Gasteiger partial charge is 0.227 e. The van der Waals surface area contributed by atoms with Crippen molar-refractivity contribution in [2.45, 2.75) is 0 Å². The zero-order chi connectivity index (χ0) is 12.5. The fraction of sp³-hybridized carbons (Fsp3) is 0.0714. The molecule has 3 aromatic rings. The van der Waals surface area contributed by atoms with Crippen LogP contribution in [-0.4, -0.2) is 17.2 Å². The van der Waals surface area contributed by atoms with Gasteiger partial charge in [0.2, 0.25) is 5.89 Å². The van der Waals surface area contributed by atoms with Crippen LogP contribution in [0.5, 0.6) is 11.5 Å². The summed E-state index contributed by atoms with van der Waals surface area (Å²) in [5, 5.41) is 9.67. The van der Waals surface area contributed by atoms with Gasteiger partial charge < -0.3 is 14.3 Å². The molecule has 0 radical (unpaired) electrons. The highest BCUT2D eigenvalue weighted by atomic mass is 16.5. The van der Waals surface area contributed by atoms with Gasteiger partial charge in [-0.05, 0) is 30.3 Å². The number of rotatable bonds is 2. The minimum Gasteiger partial charge on any atom is -0.504 e. The van der Waals surface area contributed by atoms with Crippen molar-refractivity contribution in [1.82, 2.24) is 4.98 Å². The van der Waals surface area contributed by atoms with Crippen molar-refractivity contribution in [3.8, 4) is 23.0 Å². The van der Waals surface area contributed by atoms with E-state index in [4.69, 9.17) is 9.15 Å². The van der Waals surface area contributed by atoms with E-state index in [0.717, 1.165) is 11.3 Å². The summed E-state index contributed by atoms with van der Waals surface area (Å²) in [6, 6.07) is 12.5. The summed E-state index contributed by atoms with van der Waals surface area (Å²) in [6.45, 7) is 0. The van der Waals surface area contributed by atoms with Crippen LogP contribution >= 0.6 is 0 Å². The third-order valence-corrected chi connectivity index (χ3v) is 2.71. The molecule has 90 valence electrons. The van der Waals surface area contributed by atoms with Crippen LogP contribution in [0.4, 0.5) is 0 Å². The quantitative estimate of drug-likeness (QED) is 0.748. The van der Waals surface area contributed by atoms with Crippen molar-refractivity contribution >= 4 is 11.1 Å². The van der Waals surface area contributed by atoms with E-state index in [1.807, 2.05) is 24.3 Å². The number of para-hydroxylation sites is 1. The minimum absolute atomic E-state index is 0.0918. The van der Waals surface area contributed by atoms with Gasteiger partial charge in [-0.15, -0.1) is 0 Å². The van der Waals surface area contributed by atoms with Gasteiger partial charge in [0, 0.05) is 5.56 Å². The Bertz CT molecular complexity index is 703. The van der Waals surface area contributed by atoms with Gasteiger partial charge in [0.25, 0.3) is 0 Å². The first kappa shape index (κ1) is 10.7. The molecule has 0 atom stereocenters. The molecule has 4 nitrogen and oxygen atoms in total. The number of benzene rings is 2. The first-order chi connectivity index (χ1) is 8.78. The van der Waals surface area contributed by atoms with E-state index in [-0.39, 0.29) is 5.75 Å². The maximum Gasteiger partial charge on any atom is 0.227 e. The molecule has 0 saturated heterocycles. The third-order valence-electron chi connectivity index (χ3n) is 2.71. The van der Waals surface area contributed by atoms with Crippen molar-refractivity contribution < 1.29 is 14.3 Å². The largest absolute Gasteiger partial charge is 0.504 e. The first-order valence-corrected chi connectivity index (χ1v) is 5.51. The maximum atomic E-state index is 9.67. The van der Waals surface area contributed by atoms with Crippen molar-refractivity contribution in [3.63, 3.8) is 0 Å². The normalized spacial score (nSPS) is 10.7. The molecular weight excluding hydrogens is 230 g/mol. The second kappa shape index (κ2) is 4.07. The molecular formula is C14H11NO3. The standard InChI is InChI=1S/C14H11NO3/c1-17-10-5-2-4-9(8-10)14-15-11-6-3-7-12(16)13(11)18-14/h2-8,16H,1H3. The highest BCUT2D eigenvalue weighted by Gasteiger charge is 2.11. The van der Waals surface area contributed by atoms with Gasteiger partial charge in [-0.3, -0.25) is 0 Å². The average Bonchev–Trinajstić information content (AvgIpc) is 2.84. The Kier molecular flexibility index (Phi) is 2.41. The average molecular weight is 241 g/mol. The van der Waals surface area contributed by atoms with Crippen LogP contribution in [0.15, 0.2) is 46.9 Å². The SMILES string of the molecule is COc1cccc(-c2nc3cccc(O)c3o2)c1. The fourth-order valence-electron chi connectivity index (χ4n) is 1.81. The molecule has 0 aliphatic carbocycles. The molecule has 0 unspecified atom stereocenters. The molecule has 0 bridgehead atoms. The Morgan fingerprint density at radius 1 is 1.17 bits per heavy atom. The molecule has 4 heteroatoms. The third kappa shape index (κ3) is 1.68. The summed E-state index contributed by atoms with van der Waals surface area (Å²) < 4.78 is 10.7. The van der Waals surface area contributed by atoms with E-state index in [1.54, 1.807) is 25.3 Å². The highest BCUT2D eigenvalue weighted by molar-refractivity contribution is 5.81. The molecule has 1 N–H and O–H groups in total. The number of phenols is 1. The maximum absolute atomic E-state index is 9.67. The number of aromatic nitrogens is 1. The molecule has 2 aromatic carbocycles. The number of fused-ring (bicyclic) bond motifs is 1. The molecule has 1 aromatic heterocycles. The van der Waals surface area contributed by atoms with Crippen molar-refractivity contribution in [2.75, 3.05) is 7.11 Å². The summed E-state index contributed by atoms with van der Waals surface area (Å²) in [7, 11) is 1.61. The van der Waals surface area contributed by atoms with Crippen LogP contribution in [0.25, 0.3) is 22.6 Å². The lowest BCUT2D eigenvalue weighted by atomic mass is 10.2. The number of ether oxygens (including phenoxy) is 1. The first-order valence-electron chi connectivity index (χ1n) is 5.51. The summed E-state index contributed by atoms with van der Waals surface area (Å²) in [4.78, 5) is 4.34. The number of oxazole rings is 1.